The Hall–Kier alpha value is -0.630. The SMILES string of the molecule is C=C(C)C[C@H](N)C(=O)C(C)C. The molecule has 0 rings (SSSR count). The second-order valence-corrected chi connectivity index (χ2v) is 3.32. The van der Waals surface area contributed by atoms with E-state index in [0.717, 1.165) is 5.57 Å². The number of carbonyl (C=O) groups excluding carboxylic acids is 1. The third-order valence-electron chi connectivity index (χ3n) is 1.50. The van der Waals surface area contributed by atoms with Crippen molar-refractivity contribution in [2.75, 3.05) is 0 Å². The molecule has 2 nitrogen and oxygen atoms in total. The fraction of sp³-hybridized carbons (Fsp3) is 0.667. The van der Waals surface area contributed by atoms with Crippen LogP contribution in [0.25, 0.3) is 0 Å². The predicted octanol–water partition coefficient (Wildman–Crippen LogP) is 1.50. The summed E-state index contributed by atoms with van der Waals surface area (Å²) in [5.41, 5.74) is 6.57. The molecule has 0 saturated carbocycles. The Morgan fingerprint density at radius 3 is 2.27 bits per heavy atom. The van der Waals surface area contributed by atoms with Crippen LogP contribution in [-0.2, 0) is 4.79 Å². The minimum atomic E-state index is -0.354. The summed E-state index contributed by atoms with van der Waals surface area (Å²) in [6.45, 7) is 9.31. The van der Waals surface area contributed by atoms with Gasteiger partial charge >= 0.3 is 0 Å². The molecule has 0 radical (unpaired) electrons. The molecule has 1 atom stereocenters. The highest BCUT2D eigenvalue weighted by Crippen LogP contribution is 2.05. The van der Waals surface area contributed by atoms with Crippen molar-refractivity contribution in [2.24, 2.45) is 11.7 Å². The van der Waals surface area contributed by atoms with Crippen molar-refractivity contribution in [1.29, 1.82) is 0 Å². The summed E-state index contributed by atoms with van der Waals surface area (Å²) in [6, 6.07) is -0.354. The molecule has 0 amide bonds. The van der Waals surface area contributed by atoms with Crippen LogP contribution in [0.2, 0.25) is 0 Å². The normalized spacial score (nSPS) is 13.2. The van der Waals surface area contributed by atoms with Crippen LogP contribution in [0, 0.1) is 5.92 Å². The largest absolute Gasteiger partial charge is 0.321 e. The standard InChI is InChI=1S/C9H17NO/c1-6(2)5-8(10)9(11)7(3)4/h7-8H,1,5,10H2,2-4H3/t8-/m0/s1. The summed E-state index contributed by atoms with van der Waals surface area (Å²) in [6.07, 6.45) is 0.608. The summed E-state index contributed by atoms with van der Waals surface area (Å²) in [5.74, 6) is 0.150. The molecule has 0 aromatic rings. The molecule has 0 aromatic heterocycles. The number of ketones is 1. The highest BCUT2D eigenvalue weighted by molar-refractivity contribution is 5.85. The summed E-state index contributed by atoms with van der Waals surface area (Å²) >= 11 is 0. The minimum absolute atomic E-state index is 0.0318. The lowest BCUT2D eigenvalue weighted by molar-refractivity contribution is -0.123. The van der Waals surface area contributed by atoms with E-state index < -0.39 is 0 Å². The van der Waals surface area contributed by atoms with Gasteiger partial charge in [0.2, 0.25) is 0 Å². The molecule has 0 saturated heterocycles. The van der Waals surface area contributed by atoms with Crippen molar-refractivity contribution >= 4 is 5.78 Å². The van der Waals surface area contributed by atoms with Gasteiger partial charge in [-0.15, -0.1) is 6.58 Å². The van der Waals surface area contributed by atoms with Crippen LogP contribution in [-0.4, -0.2) is 11.8 Å². The Morgan fingerprint density at radius 1 is 1.55 bits per heavy atom. The first-order valence-corrected chi connectivity index (χ1v) is 3.88. The molecule has 2 N–H and O–H groups in total. The molecular formula is C9H17NO. The molecule has 0 bridgehead atoms. The molecule has 0 unspecified atom stereocenters. The molecule has 0 fully saturated rings. The van der Waals surface area contributed by atoms with Crippen molar-refractivity contribution in [3.63, 3.8) is 0 Å². The lowest BCUT2D eigenvalue weighted by Gasteiger charge is -2.12. The molecule has 0 heterocycles. The molecule has 2 heteroatoms. The lowest BCUT2D eigenvalue weighted by atomic mass is 9.98. The van der Waals surface area contributed by atoms with E-state index in [1.165, 1.54) is 0 Å². The molecule has 0 spiro atoms. The van der Waals surface area contributed by atoms with E-state index in [-0.39, 0.29) is 17.7 Å². The number of hydrogen-bond acceptors (Lipinski definition) is 2. The van der Waals surface area contributed by atoms with Crippen LogP contribution < -0.4 is 5.73 Å². The second-order valence-electron chi connectivity index (χ2n) is 3.32. The smallest absolute Gasteiger partial charge is 0.152 e. The number of Topliss-reactive ketones (excluding diaryl/α,β-unsaturated/α-hetero) is 1. The van der Waals surface area contributed by atoms with Gasteiger partial charge < -0.3 is 5.73 Å². The molecule has 0 aromatic carbocycles. The van der Waals surface area contributed by atoms with E-state index in [4.69, 9.17) is 5.73 Å². The Bertz CT molecular complexity index is 161. The topological polar surface area (TPSA) is 43.1 Å². The summed E-state index contributed by atoms with van der Waals surface area (Å²) in [5, 5.41) is 0. The molecule has 11 heavy (non-hydrogen) atoms. The molecule has 0 aliphatic rings. The Balaban J connectivity index is 3.93. The van der Waals surface area contributed by atoms with E-state index in [9.17, 15) is 4.79 Å². The highest BCUT2D eigenvalue weighted by atomic mass is 16.1. The maximum Gasteiger partial charge on any atom is 0.152 e. The third-order valence-corrected chi connectivity index (χ3v) is 1.50. The summed E-state index contributed by atoms with van der Waals surface area (Å²) < 4.78 is 0. The maximum atomic E-state index is 11.2. The van der Waals surface area contributed by atoms with Gasteiger partial charge in [0.1, 0.15) is 0 Å². The predicted molar refractivity (Wildman–Crippen MR) is 47.3 cm³/mol. The van der Waals surface area contributed by atoms with Crippen LogP contribution in [0.3, 0.4) is 0 Å². The van der Waals surface area contributed by atoms with E-state index in [2.05, 4.69) is 6.58 Å². The zero-order chi connectivity index (χ0) is 9.02. The first kappa shape index (κ1) is 10.4. The van der Waals surface area contributed by atoms with E-state index in [0.29, 0.717) is 6.42 Å². The third kappa shape index (κ3) is 3.94. The monoisotopic (exact) mass is 155 g/mol. The van der Waals surface area contributed by atoms with Crippen LogP contribution >= 0.6 is 0 Å². The first-order chi connectivity index (χ1) is 4.95. The van der Waals surface area contributed by atoms with E-state index in [1.807, 2.05) is 20.8 Å². The van der Waals surface area contributed by atoms with Crippen molar-refractivity contribution in [2.45, 2.75) is 33.2 Å². The number of nitrogens with two attached hydrogens (primary N) is 1. The van der Waals surface area contributed by atoms with Gasteiger partial charge in [-0.2, -0.15) is 0 Å². The Kier molecular flexibility index (Phi) is 4.04. The fourth-order valence-electron chi connectivity index (χ4n) is 0.904. The number of rotatable bonds is 4. The Morgan fingerprint density at radius 2 is 2.00 bits per heavy atom. The molecule has 0 aliphatic heterocycles. The van der Waals surface area contributed by atoms with E-state index in [1.54, 1.807) is 0 Å². The van der Waals surface area contributed by atoms with Crippen LogP contribution in [0.15, 0.2) is 12.2 Å². The average Bonchev–Trinajstić information content (AvgIpc) is 1.84. The number of carbonyl (C=O) groups is 1. The molecular weight excluding hydrogens is 138 g/mol. The van der Waals surface area contributed by atoms with Gasteiger partial charge in [-0.1, -0.05) is 19.4 Å². The Labute approximate surface area is 68.5 Å². The van der Waals surface area contributed by atoms with Crippen molar-refractivity contribution in [3.8, 4) is 0 Å². The van der Waals surface area contributed by atoms with Gasteiger partial charge in [0, 0.05) is 5.92 Å². The zero-order valence-electron chi connectivity index (χ0n) is 7.55. The van der Waals surface area contributed by atoms with Crippen LogP contribution in [0.1, 0.15) is 27.2 Å². The molecule has 0 aliphatic carbocycles. The number of hydrogen-bond donors (Lipinski definition) is 1. The van der Waals surface area contributed by atoms with Gasteiger partial charge in [-0.05, 0) is 13.3 Å². The highest BCUT2D eigenvalue weighted by Gasteiger charge is 2.16. The van der Waals surface area contributed by atoms with Gasteiger partial charge in [0.15, 0.2) is 5.78 Å². The van der Waals surface area contributed by atoms with Crippen molar-refractivity contribution in [1.82, 2.24) is 0 Å². The molecule has 64 valence electrons. The van der Waals surface area contributed by atoms with Crippen LogP contribution in [0.4, 0.5) is 0 Å². The average molecular weight is 155 g/mol. The minimum Gasteiger partial charge on any atom is -0.321 e. The fourth-order valence-corrected chi connectivity index (χ4v) is 0.904. The van der Waals surface area contributed by atoms with Crippen LogP contribution in [0.5, 0.6) is 0 Å². The van der Waals surface area contributed by atoms with Crippen molar-refractivity contribution < 1.29 is 4.79 Å². The zero-order valence-corrected chi connectivity index (χ0v) is 7.55. The lowest BCUT2D eigenvalue weighted by Crippen LogP contribution is -2.33. The van der Waals surface area contributed by atoms with E-state index >= 15 is 0 Å². The maximum absolute atomic E-state index is 11.2. The van der Waals surface area contributed by atoms with Gasteiger partial charge in [-0.25, -0.2) is 0 Å². The summed E-state index contributed by atoms with van der Waals surface area (Å²) in [7, 11) is 0. The van der Waals surface area contributed by atoms with Gasteiger partial charge in [0.05, 0.1) is 6.04 Å². The second kappa shape index (κ2) is 4.29. The quantitative estimate of drug-likeness (QED) is 0.625. The van der Waals surface area contributed by atoms with Gasteiger partial charge in [0.25, 0.3) is 0 Å². The van der Waals surface area contributed by atoms with Crippen molar-refractivity contribution in [3.05, 3.63) is 12.2 Å². The van der Waals surface area contributed by atoms with Gasteiger partial charge in [-0.3, -0.25) is 4.79 Å². The summed E-state index contributed by atoms with van der Waals surface area (Å²) in [4.78, 5) is 11.2. The first-order valence-electron chi connectivity index (χ1n) is 3.88.